The van der Waals surface area contributed by atoms with Crippen molar-refractivity contribution < 1.29 is 0 Å². The van der Waals surface area contributed by atoms with Gasteiger partial charge in [-0.15, -0.1) is 0 Å². The fourth-order valence-corrected chi connectivity index (χ4v) is 1.19. The lowest BCUT2D eigenvalue weighted by Gasteiger charge is -1.88. The van der Waals surface area contributed by atoms with Crippen LogP contribution in [-0.2, 0) is 7.05 Å². The van der Waals surface area contributed by atoms with E-state index in [9.17, 15) is 0 Å². The third kappa shape index (κ3) is 1.00. The van der Waals surface area contributed by atoms with Crippen molar-refractivity contribution in [3.05, 3.63) is 30.0 Å². The molecule has 55 valence electrons. The Morgan fingerprint density at radius 2 is 2.27 bits per heavy atom. The van der Waals surface area contributed by atoms with Crippen molar-refractivity contribution >= 4 is 10.9 Å². The van der Waals surface area contributed by atoms with Crippen LogP contribution in [0.2, 0.25) is 0 Å². The monoisotopic (exact) mass is 145 g/mol. The molecule has 0 aliphatic rings. The number of fused-ring (bicyclic) bond motifs is 1. The van der Waals surface area contributed by atoms with Gasteiger partial charge in [0.1, 0.15) is 0 Å². The maximum Gasteiger partial charge on any atom is 0.0945 e. The van der Waals surface area contributed by atoms with E-state index in [2.05, 4.69) is 30.4 Å². The normalized spacial score (nSPS) is 10.7. The van der Waals surface area contributed by atoms with Crippen molar-refractivity contribution in [2.45, 2.75) is 6.92 Å². The van der Waals surface area contributed by atoms with E-state index in [1.807, 2.05) is 13.1 Å². The first-order valence-corrected chi connectivity index (χ1v) is 3.58. The zero-order valence-corrected chi connectivity index (χ0v) is 6.63. The molecule has 0 atom stereocenters. The first-order valence-electron chi connectivity index (χ1n) is 3.58. The summed E-state index contributed by atoms with van der Waals surface area (Å²) in [6.07, 6.45) is 3.10. The minimum absolute atomic E-state index is 1.01. The van der Waals surface area contributed by atoms with Crippen molar-refractivity contribution in [3.63, 3.8) is 0 Å². The van der Waals surface area contributed by atoms with Crippen molar-refractivity contribution in [1.82, 2.24) is 9.78 Å². The molecule has 0 aliphatic carbocycles. The molecular formula is C9H9N2. The number of hydrogen-bond donors (Lipinski definition) is 0. The van der Waals surface area contributed by atoms with Gasteiger partial charge in [0.15, 0.2) is 0 Å². The zero-order valence-electron chi connectivity index (χ0n) is 6.63. The summed E-state index contributed by atoms with van der Waals surface area (Å²) in [4.78, 5) is 0. The maximum atomic E-state index is 4.22. The quantitative estimate of drug-likeness (QED) is 0.551. The maximum absolute atomic E-state index is 4.22. The van der Waals surface area contributed by atoms with Gasteiger partial charge in [-0.1, -0.05) is 11.6 Å². The average Bonchev–Trinajstić information content (AvgIpc) is 2.27. The summed E-state index contributed by atoms with van der Waals surface area (Å²) in [5.41, 5.74) is 2.26. The highest BCUT2D eigenvalue weighted by Crippen LogP contribution is 2.11. The average molecular weight is 145 g/mol. The van der Waals surface area contributed by atoms with Gasteiger partial charge in [-0.05, 0) is 19.1 Å². The Labute approximate surface area is 65.5 Å². The number of hydrogen-bond acceptors (Lipinski definition) is 1. The summed E-state index contributed by atoms with van der Waals surface area (Å²) >= 11 is 0. The van der Waals surface area contributed by atoms with E-state index in [0.29, 0.717) is 0 Å². The van der Waals surface area contributed by atoms with Gasteiger partial charge in [-0.2, -0.15) is 5.10 Å². The van der Waals surface area contributed by atoms with Crippen molar-refractivity contribution in [2.24, 2.45) is 7.05 Å². The highest BCUT2D eigenvalue weighted by molar-refractivity contribution is 5.77. The van der Waals surface area contributed by atoms with Crippen LogP contribution in [-0.4, -0.2) is 9.78 Å². The number of aryl methyl sites for hydroxylation is 2. The molecule has 11 heavy (non-hydrogen) atoms. The van der Waals surface area contributed by atoms with E-state index in [1.165, 1.54) is 5.56 Å². The van der Waals surface area contributed by atoms with E-state index in [4.69, 9.17) is 0 Å². The van der Waals surface area contributed by atoms with Crippen LogP contribution >= 0.6 is 0 Å². The largest absolute Gasteiger partial charge is 0.265 e. The predicted octanol–water partition coefficient (Wildman–Crippen LogP) is 1.68. The van der Waals surface area contributed by atoms with Crippen LogP contribution in [0.15, 0.2) is 18.2 Å². The molecule has 0 aliphatic heterocycles. The summed E-state index contributed by atoms with van der Waals surface area (Å²) in [5.74, 6) is 0. The molecule has 2 nitrogen and oxygen atoms in total. The predicted molar refractivity (Wildman–Crippen MR) is 44.3 cm³/mol. The SMILES string of the molecule is Cc1ccc2nn(C)[c]c2c1. The topological polar surface area (TPSA) is 17.8 Å². The van der Waals surface area contributed by atoms with Gasteiger partial charge in [0.25, 0.3) is 0 Å². The highest BCUT2D eigenvalue weighted by Gasteiger charge is 1.96. The molecule has 1 radical (unpaired) electrons. The van der Waals surface area contributed by atoms with Gasteiger partial charge in [-0.3, -0.25) is 4.68 Å². The molecule has 1 aromatic heterocycles. The zero-order chi connectivity index (χ0) is 7.84. The van der Waals surface area contributed by atoms with E-state index in [0.717, 1.165) is 10.9 Å². The lowest BCUT2D eigenvalue weighted by atomic mass is 10.2. The number of rotatable bonds is 0. The molecular weight excluding hydrogens is 136 g/mol. The molecule has 0 saturated carbocycles. The summed E-state index contributed by atoms with van der Waals surface area (Å²) in [5, 5.41) is 5.31. The fraction of sp³-hybridized carbons (Fsp3) is 0.222. The molecule has 0 saturated heterocycles. The van der Waals surface area contributed by atoms with Gasteiger partial charge in [-0.25, -0.2) is 0 Å². The third-order valence-corrected chi connectivity index (χ3v) is 1.69. The van der Waals surface area contributed by atoms with Crippen molar-refractivity contribution in [2.75, 3.05) is 0 Å². The summed E-state index contributed by atoms with van der Waals surface area (Å²) in [6, 6.07) is 6.16. The number of nitrogens with zero attached hydrogens (tertiary/aromatic N) is 2. The minimum atomic E-state index is 1.01. The van der Waals surface area contributed by atoms with Gasteiger partial charge < -0.3 is 0 Å². The smallest absolute Gasteiger partial charge is 0.0945 e. The Bertz CT molecular complexity index is 387. The van der Waals surface area contributed by atoms with Crippen LogP contribution in [0.1, 0.15) is 5.56 Å². The Kier molecular flexibility index (Phi) is 1.22. The van der Waals surface area contributed by atoms with Crippen LogP contribution in [0.5, 0.6) is 0 Å². The standard InChI is InChI=1S/C9H9N2/c1-7-3-4-9-8(5-7)6-11(2)10-9/h3-5H,1-2H3. The molecule has 0 fully saturated rings. The second-order valence-corrected chi connectivity index (χ2v) is 2.76. The third-order valence-electron chi connectivity index (χ3n) is 1.69. The molecule has 0 spiro atoms. The van der Waals surface area contributed by atoms with Crippen molar-refractivity contribution in [3.8, 4) is 0 Å². The Morgan fingerprint density at radius 1 is 1.45 bits per heavy atom. The van der Waals surface area contributed by atoms with Crippen LogP contribution in [0.4, 0.5) is 0 Å². The molecule has 2 rings (SSSR count). The molecule has 0 bridgehead atoms. The second-order valence-electron chi connectivity index (χ2n) is 2.76. The molecule has 0 unspecified atom stereocenters. The number of aromatic nitrogens is 2. The first kappa shape index (κ1) is 6.40. The van der Waals surface area contributed by atoms with Gasteiger partial charge in [0.05, 0.1) is 11.7 Å². The van der Waals surface area contributed by atoms with Crippen LogP contribution in [0.3, 0.4) is 0 Å². The van der Waals surface area contributed by atoms with Crippen molar-refractivity contribution in [1.29, 1.82) is 0 Å². The van der Waals surface area contributed by atoms with Gasteiger partial charge in [0.2, 0.25) is 0 Å². The summed E-state index contributed by atoms with van der Waals surface area (Å²) < 4.78 is 1.71. The van der Waals surface area contributed by atoms with Crippen LogP contribution < -0.4 is 0 Å². The Balaban J connectivity index is 2.82. The fourth-order valence-electron chi connectivity index (χ4n) is 1.19. The Morgan fingerprint density at radius 3 is 3.09 bits per heavy atom. The molecule has 2 heteroatoms. The van der Waals surface area contributed by atoms with E-state index < -0.39 is 0 Å². The number of benzene rings is 1. The summed E-state index contributed by atoms with van der Waals surface area (Å²) in [6.45, 7) is 2.07. The molecule has 1 aromatic carbocycles. The van der Waals surface area contributed by atoms with Gasteiger partial charge in [0, 0.05) is 12.4 Å². The molecule has 2 aromatic rings. The van der Waals surface area contributed by atoms with Gasteiger partial charge >= 0.3 is 0 Å². The summed E-state index contributed by atoms with van der Waals surface area (Å²) in [7, 11) is 1.88. The molecule has 0 amide bonds. The Hall–Kier alpha value is -1.31. The highest BCUT2D eigenvalue weighted by atomic mass is 15.2. The van der Waals surface area contributed by atoms with E-state index in [1.54, 1.807) is 4.68 Å². The molecule has 1 heterocycles. The van der Waals surface area contributed by atoms with E-state index >= 15 is 0 Å². The molecule has 0 N–H and O–H groups in total. The van der Waals surface area contributed by atoms with Crippen LogP contribution in [0, 0.1) is 13.1 Å². The van der Waals surface area contributed by atoms with Crippen LogP contribution in [0.25, 0.3) is 10.9 Å². The van der Waals surface area contributed by atoms with E-state index in [-0.39, 0.29) is 0 Å². The first-order chi connectivity index (χ1) is 5.25. The lowest BCUT2D eigenvalue weighted by molar-refractivity contribution is 0.773. The second kappa shape index (κ2) is 2.09. The lowest BCUT2D eigenvalue weighted by Crippen LogP contribution is -1.85. The minimum Gasteiger partial charge on any atom is -0.265 e.